The zero-order chi connectivity index (χ0) is 46.1. The van der Waals surface area contributed by atoms with Crippen molar-refractivity contribution in [3.8, 4) is 5.75 Å². The van der Waals surface area contributed by atoms with Gasteiger partial charge in [0.05, 0.1) is 13.7 Å². The molecule has 1 aliphatic rings. The van der Waals surface area contributed by atoms with E-state index in [9.17, 15) is 28.8 Å². The molecule has 0 spiro atoms. The summed E-state index contributed by atoms with van der Waals surface area (Å²) in [6.45, 7) is -0.0163. The SMILES string of the molecule is COc1cc(NC(=O)C2CCCN2C(=O)C(Cc2ccccc2)NC(=O)C(Cc2ccccc2)NC(=O)CNC(=O)C(CCCN=C(N)N)NC(=O)c2ccccc2)cc2ccccc12. The summed E-state index contributed by atoms with van der Waals surface area (Å²) in [5, 5.41) is 15.7. The molecule has 1 saturated heterocycles. The van der Waals surface area contributed by atoms with Crippen LogP contribution < -0.4 is 42.8 Å². The Kier molecular flexibility index (Phi) is 16.6. The van der Waals surface area contributed by atoms with Crippen molar-refractivity contribution < 1.29 is 33.5 Å². The maximum absolute atomic E-state index is 14.6. The molecule has 4 unspecified atom stereocenters. The molecule has 0 bridgehead atoms. The number of nitrogens with zero attached hydrogens (tertiary/aromatic N) is 2. The molecule has 9 N–H and O–H groups in total. The lowest BCUT2D eigenvalue weighted by Crippen LogP contribution is -2.58. The van der Waals surface area contributed by atoms with Gasteiger partial charge in [-0.15, -0.1) is 0 Å². The summed E-state index contributed by atoms with van der Waals surface area (Å²) in [6.07, 6.45) is 1.67. The number of likely N-dealkylation sites (tertiary alicyclic amines) is 1. The highest BCUT2D eigenvalue weighted by atomic mass is 16.5. The Hall–Kier alpha value is -7.75. The van der Waals surface area contributed by atoms with Crippen molar-refractivity contribution in [2.24, 2.45) is 16.5 Å². The highest BCUT2D eigenvalue weighted by Gasteiger charge is 2.39. The van der Waals surface area contributed by atoms with Crippen LogP contribution in [0.5, 0.6) is 5.75 Å². The first-order valence-corrected chi connectivity index (χ1v) is 21.5. The third-order valence-electron chi connectivity index (χ3n) is 11.0. The number of nitrogens with two attached hydrogens (primary N) is 2. The topological polar surface area (TPSA) is 239 Å². The third-order valence-corrected chi connectivity index (χ3v) is 11.0. The molecule has 1 fully saturated rings. The second kappa shape index (κ2) is 23.1. The van der Waals surface area contributed by atoms with Crippen LogP contribution in [0.25, 0.3) is 10.8 Å². The van der Waals surface area contributed by atoms with Gasteiger partial charge in [-0.3, -0.25) is 33.8 Å². The minimum absolute atomic E-state index is 0.0587. The number of aliphatic imine (C=N–C) groups is 1. The van der Waals surface area contributed by atoms with E-state index in [0.717, 1.165) is 21.9 Å². The average Bonchev–Trinajstić information content (AvgIpc) is 3.82. The average molecular weight is 882 g/mol. The minimum atomic E-state index is -1.18. The maximum atomic E-state index is 14.6. The Labute approximate surface area is 377 Å². The maximum Gasteiger partial charge on any atom is 0.251 e. The summed E-state index contributed by atoms with van der Waals surface area (Å²) in [7, 11) is 1.56. The summed E-state index contributed by atoms with van der Waals surface area (Å²) in [5.74, 6) is -2.77. The van der Waals surface area contributed by atoms with Crippen LogP contribution in [0.15, 0.2) is 132 Å². The van der Waals surface area contributed by atoms with Gasteiger partial charge in [0.15, 0.2) is 5.96 Å². The molecule has 4 atom stereocenters. The summed E-state index contributed by atoms with van der Waals surface area (Å²) in [5.41, 5.74) is 13.3. The zero-order valence-corrected chi connectivity index (χ0v) is 36.2. The third kappa shape index (κ3) is 13.4. The molecule has 338 valence electrons. The number of carbonyl (C=O) groups is 6. The fourth-order valence-corrected chi connectivity index (χ4v) is 7.77. The molecule has 5 aromatic rings. The normalized spacial score (nSPS) is 14.5. The molecule has 5 aromatic carbocycles. The second-order valence-electron chi connectivity index (χ2n) is 15.7. The first-order valence-electron chi connectivity index (χ1n) is 21.5. The van der Waals surface area contributed by atoms with E-state index in [4.69, 9.17) is 16.2 Å². The van der Waals surface area contributed by atoms with Crippen molar-refractivity contribution in [2.45, 2.75) is 62.7 Å². The van der Waals surface area contributed by atoms with Gasteiger partial charge < -0.3 is 47.7 Å². The molecule has 6 rings (SSSR count). The fraction of sp³-hybridized carbons (Fsp3) is 0.286. The predicted molar refractivity (Wildman–Crippen MR) is 249 cm³/mol. The lowest BCUT2D eigenvalue weighted by atomic mass is 10.0. The fourth-order valence-electron chi connectivity index (χ4n) is 7.77. The van der Waals surface area contributed by atoms with E-state index in [-0.39, 0.29) is 37.7 Å². The number of hydrogen-bond acceptors (Lipinski definition) is 8. The number of rotatable bonds is 20. The van der Waals surface area contributed by atoms with Gasteiger partial charge in [0.1, 0.15) is 29.9 Å². The van der Waals surface area contributed by atoms with Crippen LogP contribution in [-0.2, 0) is 36.8 Å². The number of guanidine groups is 1. The van der Waals surface area contributed by atoms with E-state index in [1.54, 1.807) is 55.6 Å². The summed E-state index contributed by atoms with van der Waals surface area (Å²) in [6, 6.07) is 33.7. The number of amides is 6. The Balaban J connectivity index is 1.16. The van der Waals surface area contributed by atoms with Crippen molar-refractivity contribution in [3.63, 3.8) is 0 Å². The molecule has 65 heavy (non-hydrogen) atoms. The molecular weight excluding hydrogens is 827 g/mol. The van der Waals surface area contributed by atoms with Crippen LogP contribution in [0.3, 0.4) is 0 Å². The number of carbonyl (C=O) groups excluding carboxylic acids is 6. The van der Waals surface area contributed by atoms with Crippen LogP contribution in [0.2, 0.25) is 0 Å². The lowest BCUT2D eigenvalue weighted by Gasteiger charge is -2.30. The van der Waals surface area contributed by atoms with Crippen molar-refractivity contribution in [3.05, 3.63) is 144 Å². The molecule has 0 radical (unpaired) electrons. The molecule has 6 amide bonds. The minimum Gasteiger partial charge on any atom is -0.496 e. The summed E-state index contributed by atoms with van der Waals surface area (Å²) >= 11 is 0. The van der Waals surface area contributed by atoms with E-state index in [1.165, 1.54) is 4.90 Å². The van der Waals surface area contributed by atoms with Crippen LogP contribution in [0.1, 0.15) is 47.2 Å². The van der Waals surface area contributed by atoms with E-state index in [1.807, 2.05) is 78.9 Å². The van der Waals surface area contributed by atoms with Crippen LogP contribution >= 0.6 is 0 Å². The molecule has 0 aromatic heterocycles. The number of hydrogen-bond donors (Lipinski definition) is 7. The monoisotopic (exact) mass is 881 g/mol. The van der Waals surface area contributed by atoms with Gasteiger partial charge >= 0.3 is 0 Å². The Morgan fingerprint density at radius 1 is 0.738 bits per heavy atom. The Bertz CT molecular complexity index is 2470. The smallest absolute Gasteiger partial charge is 0.251 e. The molecule has 1 heterocycles. The van der Waals surface area contributed by atoms with Gasteiger partial charge in [-0.05, 0) is 60.4 Å². The van der Waals surface area contributed by atoms with Gasteiger partial charge in [0.2, 0.25) is 29.5 Å². The summed E-state index contributed by atoms with van der Waals surface area (Å²) in [4.78, 5) is 88.4. The second-order valence-corrected chi connectivity index (χ2v) is 15.7. The molecule has 16 heteroatoms. The van der Waals surface area contributed by atoms with E-state index < -0.39 is 60.2 Å². The highest BCUT2D eigenvalue weighted by molar-refractivity contribution is 6.02. The number of methoxy groups -OCH3 is 1. The van der Waals surface area contributed by atoms with E-state index in [2.05, 4.69) is 31.6 Å². The lowest BCUT2D eigenvalue weighted by molar-refractivity contribution is -0.140. The van der Waals surface area contributed by atoms with Gasteiger partial charge in [0.25, 0.3) is 5.91 Å². The van der Waals surface area contributed by atoms with Gasteiger partial charge in [0, 0.05) is 48.6 Å². The Morgan fingerprint density at radius 2 is 1.37 bits per heavy atom. The summed E-state index contributed by atoms with van der Waals surface area (Å²) < 4.78 is 5.60. The molecule has 16 nitrogen and oxygen atoms in total. The van der Waals surface area contributed by atoms with Crippen LogP contribution in [-0.4, -0.2) is 97.2 Å². The standard InChI is InChI=1S/C49H55N9O7/c1-65-42-30-36(29-35-21-11-12-22-37(35)42)54-47(63)41-24-14-26-58(41)48(64)40(28-33-17-7-3-8-18-33)57-46(62)39(27-32-15-5-2-6-16-32)55-43(59)31-53-45(61)38(23-13-25-52-49(50)51)56-44(60)34-19-9-4-10-20-34/h2-12,15-22,29-30,38-41H,13-14,23-28,31H2,1H3,(H,53,61)(H,54,63)(H,55,59)(H,56,60)(H,57,62)(H4,50,51,52). The number of anilines is 1. The number of benzene rings is 5. The van der Waals surface area contributed by atoms with Crippen molar-refractivity contribution in [1.82, 2.24) is 26.2 Å². The van der Waals surface area contributed by atoms with E-state index in [0.29, 0.717) is 42.8 Å². The van der Waals surface area contributed by atoms with Gasteiger partial charge in [-0.2, -0.15) is 0 Å². The highest BCUT2D eigenvalue weighted by Crippen LogP contribution is 2.30. The number of nitrogens with one attached hydrogen (secondary N) is 5. The first kappa shape index (κ1) is 46.7. The van der Waals surface area contributed by atoms with Crippen molar-refractivity contribution in [2.75, 3.05) is 32.1 Å². The van der Waals surface area contributed by atoms with E-state index >= 15 is 0 Å². The molecule has 1 aliphatic heterocycles. The predicted octanol–water partition coefficient (Wildman–Crippen LogP) is 3.20. The zero-order valence-electron chi connectivity index (χ0n) is 36.2. The molecule has 0 saturated carbocycles. The van der Waals surface area contributed by atoms with Crippen molar-refractivity contribution in [1.29, 1.82) is 0 Å². The first-order chi connectivity index (χ1) is 31.5. The Morgan fingerprint density at radius 3 is 2.03 bits per heavy atom. The van der Waals surface area contributed by atoms with Crippen molar-refractivity contribution >= 4 is 57.9 Å². The van der Waals surface area contributed by atoms with Crippen LogP contribution in [0, 0.1) is 0 Å². The molecular formula is C49H55N9O7. The van der Waals surface area contributed by atoms with Gasteiger partial charge in [-0.25, -0.2) is 0 Å². The largest absolute Gasteiger partial charge is 0.496 e. The van der Waals surface area contributed by atoms with Crippen LogP contribution in [0.4, 0.5) is 5.69 Å². The number of fused-ring (bicyclic) bond motifs is 1. The van der Waals surface area contributed by atoms with Gasteiger partial charge in [-0.1, -0.05) is 103 Å². The molecule has 0 aliphatic carbocycles. The quantitative estimate of drug-likeness (QED) is 0.0345. The number of ether oxygens (including phenoxy) is 1.